The van der Waals surface area contributed by atoms with Crippen molar-refractivity contribution in [2.45, 2.75) is 32.6 Å². The minimum absolute atomic E-state index is 0. The number of hydrogen-bond donors (Lipinski definition) is 2. The molecule has 0 aromatic heterocycles. The Morgan fingerprint density at radius 2 is 1.87 bits per heavy atom. The Labute approximate surface area is 158 Å². The first-order chi connectivity index (χ1) is 10.9. The lowest BCUT2D eigenvalue weighted by Gasteiger charge is -2.14. The Morgan fingerprint density at radius 3 is 2.57 bits per heavy atom. The molecule has 1 aromatic rings. The van der Waals surface area contributed by atoms with Gasteiger partial charge in [0.05, 0.1) is 0 Å². The number of benzene rings is 1. The molecule has 1 heterocycles. The number of guanidine groups is 1. The van der Waals surface area contributed by atoms with Gasteiger partial charge in [-0.2, -0.15) is 0 Å². The van der Waals surface area contributed by atoms with Crippen LogP contribution in [0.5, 0.6) is 0 Å². The van der Waals surface area contributed by atoms with Crippen LogP contribution in [0.2, 0.25) is 0 Å². The normalized spacial score (nSPS) is 15.3. The fourth-order valence-corrected chi connectivity index (χ4v) is 2.80. The van der Waals surface area contributed by atoms with E-state index in [2.05, 4.69) is 57.8 Å². The number of aliphatic imine (C=N–C) groups is 1. The van der Waals surface area contributed by atoms with Crippen LogP contribution in [0.15, 0.2) is 35.3 Å². The van der Waals surface area contributed by atoms with Crippen molar-refractivity contribution in [2.24, 2.45) is 4.99 Å². The average Bonchev–Trinajstić information content (AvgIpc) is 3.06. The smallest absolute Gasteiger partial charge is 0.191 e. The monoisotopic (exact) mass is 430 g/mol. The van der Waals surface area contributed by atoms with Gasteiger partial charge in [0.1, 0.15) is 0 Å². The summed E-state index contributed by atoms with van der Waals surface area (Å²) in [5.41, 5.74) is 1.36. The highest BCUT2D eigenvalue weighted by Gasteiger charge is 2.09. The van der Waals surface area contributed by atoms with E-state index in [9.17, 15) is 0 Å². The number of hydrogen-bond acceptors (Lipinski definition) is 2. The zero-order chi connectivity index (χ0) is 15.5. The van der Waals surface area contributed by atoms with Crippen molar-refractivity contribution in [3.8, 4) is 0 Å². The highest BCUT2D eigenvalue weighted by molar-refractivity contribution is 14.0. The summed E-state index contributed by atoms with van der Waals surface area (Å²) in [5, 5.41) is 6.75. The molecule has 0 aliphatic carbocycles. The molecule has 0 atom stereocenters. The molecule has 0 unspecified atom stereocenters. The van der Waals surface area contributed by atoms with Crippen LogP contribution in [-0.2, 0) is 6.42 Å². The molecule has 2 N–H and O–H groups in total. The van der Waals surface area contributed by atoms with Crippen LogP contribution in [0.4, 0.5) is 0 Å². The van der Waals surface area contributed by atoms with Gasteiger partial charge in [0.15, 0.2) is 5.96 Å². The molecule has 1 aliphatic heterocycles. The number of likely N-dealkylation sites (tertiary alicyclic amines) is 1. The summed E-state index contributed by atoms with van der Waals surface area (Å²) in [7, 11) is 0. The summed E-state index contributed by atoms with van der Waals surface area (Å²) in [5.74, 6) is 0.944. The van der Waals surface area contributed by atoms with E-state index in [4.69, 9.17) is 0 Å². The summed E-state index contributed by atoms with van der Waals surface area (Å²) in [6.45, 7) is 8.58. The molecule has 1 fully saturated rings. The Morgan fingerprint density at radius 1 is 1.13 bits per heavy atom. The summed E-state index contributed by atoms with van der Waals surface area (Å²) in [4.78, 5) is 7.22. The fourth-order valence-electron chi connectivity index (χ4n) is 2.80. The third-order valence-corrected chi connectivity index (χ3v) is 3.99. The van der Waals surface area contributed by atoms with Crippen molar-refractivity contribution in [1.82, 2.24) is 15.5 Å². The molecule has 23 heavy (non-hydrogen) atoms. The molecule has 0 amide bonds. The minimum atomic E-state index is 0. The first kappa shape index (κ1) is 20.2. The molecular weight excluding hydrogens is 399 g/mol. The van der Waals surface area contributed by atoms with E-state index < -0.39 is 0 Å². The molecule has 1 aliphatic rings. The first-order valence-corrected chi connectivity index (χ1v) is 8.67. The summed E-state index contributed by atoms with van der Waals surface area (Å²) in [6.07, 6.45) is 4.91. The average molecular weight is 430 g/mol. The van der Waals surface area contributed by atoms with E-state index in [1.165, 1.54) is 38.0 Å². The lowest BCUT2D eigenvalue weighted by molar-refractivity contribution is 0.336. The maximum atomic E-state index is 4.67. The molecule has 0 saturated carbocycles. The Hall–Kier alpha value is -0.820. The number of nitrogens with one attached hydrogen (secondary N) is 2. The van der Waals surface area contributed by atoms with Crippen LogP contribution in [0, 0.1) is 0 Å². The molecular formula is C18H31IN4. The van der Waals surface area contributed by atoms with Crippen LogP contribution in [0.3, 0.4) is 0 Å². The van der Waals surface area contributed by atoms with Crippen molar-refractivity contribution >= 4 is 29.9 Å². The van der Waals surface area contributed by atoms with Crippen molar-refractivity contribution in [1.29, 1.82) is 0 Å². The highest BCUT2D eigenvalue weighted by atomic mass is 127. The molecule has 4 nitrogen and oxygen atoms in total. The maximum Gasteiger partial charge on any atom is 0.191 e. The van der Waals surface area contributed by atoms with Gasteiger partial charge < -0.3 is 15.5 Å². The van der Waals surface area contributed by atoms with Gasteiger partial charge in [0.25, 0.3) is 0 Å². The fraction of sp³-hybridized carbons (Fsp3) is 0.611. The van der Waals surface area contributed by atoms with Gasteiger partial charge in [-0.25, -0.2) is 0 Å². The topological polar surface area (TPSA) is 39.7 Å². The predicted molar refractivity (Wildman–Crippen MR) is 110 cm³/mol. The van der Waals surface area contributed by atoms with Crippen molar-refractivity contribution in [3.63, 3.8) is 0 Å². The summed E-state index contributed by atoms with van der Waals surface area (Å²) in [6, 6.07) is 10.6. The van der Waals surface area contributed by atoms with E-state index in [0.717, 1.165) is 38.4 Å². The predicted octanol–water partition coefficient (Wildman–Crippen LogP) is 2.89. The SMILES string of the molecule is CCNC(=NCCCN1CCCC1)NCCc1ccccc1.I. The van der Waals surface area contributed by atoms with Gasteiger partial charge in [-0.15, -0.1) is 24.0 Å². The van der Waals surface area contributed by atoms with Crippen molar-refractivity contribution in [3.05, 3.63) is 35.9 Å². The largest absolute Gasteiger partial charge is 0.357 e. The zero-order valence-electron chi connectivity index (χ0n) is 14.3. The zero-order valence-corrected chi connectivity index (χ0v) is 16.6. The Kier molecular flexibility index (Phi) is 11.1. The van der Waals surface area contributed by atoms with E-state index >= 15 is 0 Å². The van der Waals surface area contributed by atoms with Gasteiger partial charge in [-0.3, -0.25) is 4.99 Å². The lowest BCUT2D eigenvalue weighted by atomic mass is 10.1. The van der Waals surface area contributed by atoms with E-state index in [1.807, 2.05) is 0 Å². The third-order valence-electron chi connectivity index (χ3n) is 3.99. The molecule has 0 spiro atoms. The summed E-state index contributed by atoms with van der Waals surface area (Å²) < 4.78 is 0. The van der Waals surface area contributed by atoms with Crippen LogP contribution >= 0.6 is 24.0 Å². The molecule has 0 bridgehead atoms. The van der Waals surface area contributed by atoms with Crippen LogP contribution in [-0.4, -0.2) is 50.1 Å². The molecule has 0 radical (unpaired) electrons. The van der Waals surface area contributed by atoms with Gasteiger partial charge in [0.2, 0.25) is 0 Å². The molecule has 5 heteroatoms. The van der Waals surface area contributed by atoms with E-state index in [1.54, 1.807) is 0 Å². The second-order valence-corrected chi connectivity index (χ2v) is 5.83. The van der Waals surface area contributed by atoms with E-state index in [0.29, 0.717) is 0 Å². The quantitative estimate of drug-likeness (QED) is 0.289. The highest BCUT2D eigenvalue weighted by Crippen LogP contribution is 2.07. The molecule has 2 rings (SSSR count). The van der Waals surface area contributed by atoms with Crippen LogP contribution in [0.1, 0.15) is 31.7 Å². The molecule has 1 saturated heterocycles. The van der Waals surface area contributed by atoms with Crippen molar-refractivity contribution < 1.29 is 0 Å². The van der Waals surface area contributed by atoms with Gasteiger partial charge >= 0.3 is 0 Å². The molecule has 1 aromatic carbocycles. The van der Waals surface area contributed by atoms with Crippen LogP contribution < -0.4 is 10.6 Å². The van der Waals surface area contributed by atoms with E-state index in [-0.39, 0.29) is 24.0 Å². The Balaban J connectivity index is 0.00000264. The Bertz CT molecular complexity index is 430. The number of rotatable bonds is 8. The number of halogens is 1. The maximum absolute atomic E-state index is 4.67. The van der Waals surface area contributed by atoms with Gasteiger partial charge in [-0.05, 0) is 57.8 Å². The van der Waals surface area contributed by atoms with Gasteiger partial charge in [-0.1, -0.05) is 30.3 Å². The minimum Gasteiger partial charge on any atom is -0.357 e. The second kappa shape index (κ2) is 12.6. The molecule has 130 valence electrons. The summed E-state index contributed by atoms with van der Waals surface area (Å²) >= 11 is 0. The van der Waals surface area contributed by atoms with Crippen LogP contribution in [0.25, 0.3) is 0 Å². The third kappa shape index (κ3) is 8.55. The second-order valence-electron chi connectivity index (χ2n) is 5.83. The van der Waals surface area contributed by atoms with Crippen molar-refractivity contribution in [2.75, 3.05) is 39.3 Å². The standard InChI is InChI=1S/C18H30N4.HI/c1-2-19-18(20-12-8-16-22-14-6-7-15-22)21-13-11-17-9-4-3-5-10-17;/h3-5,9-10H,2,6-8,11-16H2,1H3,(H2,19,20,21);1H. The first-order valence-electron chi connectivity index (χ1n) is 8.67. The number of nitrogens with zero attached hydrogens (tertiary/aromatic N) is 2. The lowest BCUT2D eigenvalue weighted by Crippen LogP contribution is -2.38. The van der Waals surface area contributed by atoms with Gasteiger partial charge in [0, 0.05) is 19.6 Å².